The number of nitrogens with zero attached hydrogens (tertiary/aromatic N) is 3. The smallest absolute Gasteiger partial charge is 0.271 e. The molecule has 1 aliphatic heterocycles. The number of methoxy groups -OCH3 is 1. The van der Waals surface area contributed by atoms with Gasteiger partial charge in [-0.1, -0.05) is 24.3 Å². The van der Waals surface area contributed by atoms with Crippen molar-refractivity contribution >= 4 is 11.6 Å². The number of hydrogen-bond donors (Lipinski definition) is 0. The summed E-state index contributed by atoms with van der Waals surface area (Å²) in [5.41, 5.74) is 4.24. The summed E-state index contributed by atoms with van der Waals surface area (Å²) in [5, 5.41) is 3.75. The molecule has 24 heavy (non-hydrogen) atoms. The van der Waals surface area contributed by atoms with E-state index >= 15 is 0 Å². The predicted molar refractivity (Wildman–Crippen MR) is 93.2 cm³/mol. The average molecular weight is 323 g/mol. The third-order valence-electron chi connectivity index (χ3n) is 4.03. The van der Waals surface area contributed by atoms with Crippen molar-refractivity contribution in [1.29, 1.82) is 0 Å². The molecule has 0 unspecified atom stereocenters. The second kappa shape index (κ2) is 7.27. The zero-order valence-corrected chi connectivity index (χ0v) is 14.0. The van der Waals surface area contributed by atoms with Gasteiger partial charge in [-0.05, 0) is 36.3 Å². The van der Waals surface area contributed by atoms with Gasteiger partial charge in [0, 0.05) is 31.6 Å². The molecule has 2 heterocycles. The van der Waals surface area contributed by atoms with Crippen LogP contribution in [0, 0.1) is 0 Å². The first-order chi connectivity index (χ1) is 11.7. The predicted octanol–water partition coefficient (Wildman–Crippen LogP) is 2.81. The lowest BCUT2D eigenvalue weighted by Crippen LogP contribution is -2.44. The van der Waals surface area contributed by atoms with E-state index in [-0.39, 0.29) is 12.5 Å². The largest absolute Gasteiger partial charge is 0.375 e. The fraction of sp³-hybridized carbons (Fsp3) is 0.263. The van der Waals surface area contributed by atoms with Crippen LogP contribution in [0.4, 0.5) is 5.69 Å². The van der Waals surface area contributed by atoms with Gasteiger partial charge in [0.2, 0.25) is 0 Å². The second-order valence-electron chi connectivity index (χ2n) is 5.80. The van der Waals surface area contributed by atoms with Crippen LogP contribution < -0.4 is 5.01 Å². The number of allylic oxidation sites excluding steroid dienone is 1. The monoisotopic (exact) mass is 323 g/mol. The minimum absolute atomic E-state index is 0.0488. The first kappa shape index (κ1) is 16.2. The molecule has 1 aromatic heterocycles. The Balaban J connectivity index is 1.93. The summed E-state index contributed by atoms with van der Waals surface area (Å²) < 4.78 is 5.08. The Morgan fingerprint density at radius 1 is 1.21 bits per heavy atom. The molecule has 0 fully saturated rings. The first-order valence-corrected chi connectivity index (χ1v) is 7.92. The Bertz CT molecular complexity index is 729. The van der Waals surface area contributed by atoms with Crippen LogP contribution in [-0.2, 0) is 16.0 Å². The third kappa shape index (κ3) is 3.31. The average Bonchev–Trinajstić information content (AvgIpc) is 2.93. The number of aromatic nitrogens is 1. The van der Waals surface area contributed by atoms with Crippen LogP contribution in [0.2, 0.25) is 0 Å². The number of anilines is 1. The molecule has 0 aliphatic carbocycles. The zero-order chi connectivity index (χ0) is 16.9. The van der Waals surface area contributed by atoms with Crippen molar-refractivity contribution in [2.45, 2.75) is 13.3 Å². The normalized spacial score (nSPS) is 14.4. The number of ether oxygens (including phenoxy) is 1. The minimum atomic E-state index is -0.0721. The number of benzene rings is 1. The van der Waals surface area contributed by atoms with E-state index in [4.69, 9.17) is 4.74 Å². The summed E-state index contributed by atoms with van der Waals surface area (Å²) in [6, 6.07) is 13.9. The highest BCUT2D eigenvalue weighted by Crippen LogP contribution is 2.30. The number of carbonyl (C=O) groups excluding carboxylic acids is 1. The Morgan fingerprint density at radius 3 is 2.67 bits per heavy atom. The maximum absolute atomic E-state index is 12.7. The summed E-state index contributed by atoms with van der Waals surface area (Å²) in [7, 11) is 1.54. The van der Waals surface area contributed by atoms with Gasteiger partial charge in [0.05, 0.1) is 12.2 Å². The van der Waals surface area contributed by atoms with E-state index in [0.29, 0.717) is 13.0 Å². The summed E-state index contributed by atoms with van der Waals surface area (Å²) in [4.78, 5) is 16.9. The maximum atomic E-state index is 12.7. The standard InChI is InChI=1S/C19H21N3O2/c1-15-13-21(17-8-4-3-5-9-17)22(19(23)14-24-2)18(15)11-16-7-6-10-20-12-16/h3-10,12H,11,13-14H2,1-2H3. The van der Waals surface area contributed by atoms with E-state index in [1.165, 1.54) is 12.7 Å². The highest BCUT2D eigenvalue weighted by molar-refractivity contribution is 5.82. The van der Waals surface area contributed by atoms with E-state index in [9.17, 15) is 4.79 Å². The molecule has 0 N–H and O–H groups in total. The number of hydrazine groups is 1. The first-order valence-electron chi connectivity index (χ1n) is 7.92. The van der Waals surface area contributed by atoms with Gasteiger partial charge in [-0.15, -0.1) is 0 Å². The molecule has 3 rings (SSSR count). The van der Waals surface area contributed by atoms with E-state index in [1.807, 2.05) is 53.7 Å². The molecule has 0 bridgehead atoms. The van der Waals surface area contributed by atoms with Crippen LogP contribution in [0.1, 0.15) is 12.5 Å². The molecule has 1 aliphatic rings. The second-order valence-corrected chi connectivity index (χ2v) is 5.80. The molecule has 0 saturated carbocycles. The van der Waals surface area contributed by atoms with E-state index in [2.05, 4.69) is 11.9 Å². The van der Waals surface area contributed by atoms with Crippen LogP contribution >= 0.6 is 0 Å². The molecule has 1 aromatic carbocycles. The van der Waals surface area contributed by atoms with Crippen molar-refractivity contribution in [3.63, 3.8) is 0 Å². The number of hydrogen-bond acceptors (Lipinski definition) is 4. The lowest BCUT2D eigenvalue weighted by molar-refractivity contribution is -0.133. The molecule has 5 heteroatoms. The topological polar surface area (TPSA) is 45.7 Å². The van der Waals surface area contributed by atoms with Crippen LogP contribution in [0.15, 0.2) is 66.1 Å². The fourth-order valence-corrected chi connectivity index (χ4v) is 2.91. The van der Waals surface area contributed by atoms with Gasteiger partial charge in [0.15, 0.2) is 0 Å². The highest BCUT2D eigenvalue weighted by atomic mass is 16.5. The molecule has 0 radical (unpaired) electrons. The molecule has 1 amide bonds. The summed E-state index contributed by atoms with van der Waals surface area (Å²) in [6.45, 7) is 2.81. The Morgan fingerprint density at radius 2 is 2.00 bits per heavy atom. The Hall–Kier alpha value is -2.66. The quantitative estimate of drug-likeness (QED) is 0.849. The third-order valence-corrected chi connectivity index (χ3v) is 4.03. The fourth-order valence-electron chi connectivity index (χ4n) is 2.91. The number of carbonyl (C=O) groups is 1. The maximum Gasteiger partial charge on any atom is 0.271 e. The molecule has 2 aromatic rings. The summed E-state index contributed by atoms with van der Waals surface area (Å²) in [5.74, 6) is -0.0721. The van der Waals surface area contributed by atoms with Gasteiger partial charge in [-0.25, -0.2) is 5.01 Å². The van der Waals surface area contributed by atoms with Gasteiger partial charge in [-0.2, -0.15) is 0 Å². The van der Waals surface area contributed by atoms with E-state index in [1.54, 1.807) is 11.2 Å². The van der Waals surface area contributed by atoms with Crippen LogP contribution in [0.25, 0.3) is 0 Å². The van der Waals surface area contributed by atoms with E-state index in [0.717, 1.165) is 16.9 Å². The molecule has 5 nitrogen and oxygen atoms in total. The van der Waals surface area contributed by atoms with Gasteiger partial charge >= 0.3 is 0 Å². The molecule has 0 atom stereocenters. The zero-order valence-electron chi connectivity index (χ0n) is 14.0. The number of para-hydroxylation sites is 1. The molecule has 0 saturated heterocycles. The highest BCUT2D eigenvalue weighted by Gasteiger charge is 2.32. The SMILES string of the molecule is COCC(=O)N1C(Cc2cccnc2)=C(C)CN1c1ccccc1. The van der Waals surface area contributed by atoms with Gasteiger partial charge in [0.25, 0.3) is 5.91 Å². The van der Waals surface area contributed by atoms with Gasteiger partial charge in [0.1, 0.15) is 6.61 Å². The lowest BCUT2D eigenvalue weighted by atomic mass is 10.1. The molecule has 124 valence electrons. The van der Waals surface area contributed by atoms with Crippen molar-refractivity contribution in [2.24, 2.45) is 0 Å². The van der Waals surface area contributed by atoms with Crippen molar-refractivity contribution < 1.29 is 9.53 Å². The number of rotatable bonds is 5. The van der Waals surface area contributed by atoms with E-state index < -0.39 is 0 Å². The molecule has 0 spiro atoms. The summed E-state index contributed by atoms with van der Waals surface area (Å²) >= 11 is 0. The number of amides is 1. The van der Waals surface area contributed by atoms with Crippen molar-refractivity contribution in [3.8, 4) is 0 Å². The van der Waals surface area contributed by atoms with Crippen molar-refractivity contribution in [2.75, 3.05) is 25.3 Å². The summed E-state index contributed by atoms with van der Waals surface area (Å²) in [6.07, 6.45) is 4.26. The van der Waals surface area contributed by atoms with Crippen molar-refractivity contribution in [1.82, 2.24) is 9.99 Å². The van der Waals surface area contributed by atoms with Crippen LogP contribution in [0.3, 0.4) is 0 Å². The Kier molecular flexibility index (Phi) is 4.91. The van der Waals surface area contributed by atoms with Gasteiger partial charge in [-0.3, -0.25) is 14.8 Å². The lowest BCUT2D eigenvalue weighted by Gasteiger charge is -2.32. The minimum Gasteiger partial charge on any atom is -0.375 e. The molecular weight excluding hydrogens is 302 g/mol. The number of pyridine rings is 1. The molecular formula is C19H21N3O2. The van der Waals surface area contributed by atoms with Crippen LogP contribution in [0.5, 0.6) is 0 Å². The van der Waals surface area contributed by atoms with Gasteiger partial charge < -0.3 is 4.74 Å². The Labute approximate surface area is 142 Å². The van der Waals surface area contributed by atoms with Crippen molar-refractivity contribution in [3.05, 3.63) is 71.7 Å². The van der Waals surface area contributed by atoms with Crippen LogP contribution in [-0.4, -0.2) is 36.2 Å².